The topological polar surface area (TPSA) is 58.2 Å². The van der Waals surface area contributed by atoms with Gasteiger partial charge in [0, 0.05) is 43.4 Å². The van der Waals surface area contributed by atoms with Gasteiger partial charge in [-0.2, -0.15) is 0 Å². The number of aromatic amines is 1. The van der Waals surface area contributed by atoms with Crippen molar-refractivity contribution in [3.8, 4) is 0 Å². The normalized spacial score (nSPS) is 11.0. The van der Waals surface area contributed by atoms with Gasteiger partial charge in [0.05, 0.1) is 18.8 Å². The number of carbonyl (C=O) groups excluding carboxylic acids is 1. The molecule has 1 aromatic carbocycles. The molecular weight excluding hydrogens is 326 g/mol. The van der Waals surface area contributed by atoms with Crippen LogP contribution in [0.3, 0.4) is 0 Å². The molecule has 5 heteroatoms. The molecule has 0 atom stereocenters. The Morgan fingerprint density at radius 3 is 2.85 bits per heavy atom. The van der Waals surface area contributed by atoms with E-state index in [1.54, 1.807) is 13.3 Å². The maximum atomic E-state index is 12.7. The number of aromatic nitrogens is 2. The summed E-state index contributed by atoms with van der Waals surface area (Å²) in [4.78, 5) is 22.1. The average Bonchev–Trinajstić information content (AvgIpc) is 3.09. The number of nitrogens with one attached hydrogen (secondary N) is 1. The Bertz CT molecular complexity index is 829. The van der Waals surface area contributed by atoms with Gasteiger partial charge in [-0.25, -0.2) is 0 Å². The lowest BCUT2D eigenvalue weighted by molar-refractivity contribution is -0.132. The summed E-state index contributed by atoms with van der Waals surface area (Å²) in [5, 5.41) is 1.24. The third-order valence-electron chi connectivity index (χ3n) is 4.51. The molecule has 0 saturated carbocycles. The number of H-pyrrole nitrogens is 1. The van der Waals surface area contributed by atoms with E-state index < -0.39 is 0 Å². The molecule has 136 valence electrons. The Morgan fingerprint density at radius 1 is 1.19 bits per heavy atom. The van der Waals surface area contributed by atoms with E-state index in [-0.39, 0.29) is 5.91 Å². The second-order valence-corrected chi connectivity index (χ2v) is 6.34. The van der Waals surface area contributed by atoms with Gasteiger partial charge in [-0.05, 0) is 36.6 Å². The number of aryl methyl sites for hydroxylation is 1. The van der Waals surface area contributed by atoms with Gasteiger partial charge in [0.1, 0.15) is 0 Å². The van der Waals surface area contributed by atoms with E-state index in [0.29, 0.717) is 26.1 Å². The van der Waals surface area contributed by atoms with Gasteiger partial charge in [-0.3, -0.25) is 9.78 Å². The maximum absolute atomic E-state index is 12.7. The minimum Gasteiger partial charge on any atom is -0.383 e. The molecule has 0 saturated heterocycles. The standard InChI is InChI=1S/C21H25N3O2/c1-26-14-13-24(16-18-8-4-5-12-22-18)21(25)11-6-7-17-15-23-20-10-3-2-9-19(17)20/h2-5,8-10,12,15,23H,6-7,11,13-14,16H2,1H3. The van der Waals surface area contributed by atoms with E-state index in [0.717, 1.165) is 24.1 Å². The van der Waals surface area contributed by atoms with Gasteiger partial charge < -0.3 is 14.6 Å². The third-order valence-corrected chi connectivity index (χ3v) is 4.51. The highest BCUT2D eigenvalue weighted by molar-refractivity contribution is 5.83. The zero-order valence-electron chi connectivity index (χ0n) is 15.1. The van der Waals surface area contributed by atoms with Crippen LogP contribution >= 0.6 is 0 Å². The fraction of sp³-hybridized carbons (Fsp3) is 0.333. The molecule has 26 heavy (non-hydrogen) atoms. The van der Waals surface area contributed by atoms with Crippen LogP contribution in [0.4, 0.5) is 0 Å². The predicted octanol–water partition coefficient (Wildman–Crippen LogP) is 3.56. The average molecular weight is 351 g/mol. The van der Waals surface area contributed by atoms with Crippen molar-refractivity contribution in [1.29, 1.82) is 0 Å². The molecule has 1 amide bonds. The van der Waals surface area contributed by atoms with Crippen molar-refractivity contribution in [3.05, 3.63) is 66.1 Å². The molecule has 5 nitrogen and oxygen atoms in total. The van der Waals surface area contributed by atoms with Crippen LogP contribution in [0.1, 0.15) is 24.1 Å². The number of carbonyl (C=O) groups is 1. The number of hydrogen-bond acceptors (Lipinski definition) is 3. The Hall–Kier alpha value is -2.66. The summed E-state index contributed by atoms with van der Waals surface area (Å²) in [6.45, 7) is 1.64. The van der Waals surface area contributed by atoms with Crippen LogP contribution < -0.4 is 0 Å². The zero-order chi connectivity index (χ0) is 18.2. The number of benzene rings is 1. The van der Waals surface area contributed by atoms with Crippen molar-refractivity contribution in [3.63, 3.8) is 0 Å². The molecule has 3 aromatic rings. The smallest absolute Gasteiger partial charge is 0.223 e. The molecule has 0 aliphatic heterocycles. The van der Waals surface area contributed by atoms with Crippen LogP contribution in [-0.4, -0.2) is 41.0 Å². The molecule has 2 aromatic heterocycles. The van der Waals surface area contributed by atoms with Gasteiger partial charge in [0.2, 0.25) is 5.91 Å². The first-order valence-corrected chi connectivity index (χ1v) is 8.99. The number of rotatable bonds is 9. The summed E-state index contributed by atoms with van der Waals surface area (Å²) < 4.78 is 5.15. The van der Waals surface area contributed by atoms with Crippen LogP contribution in [0.25, 0.3) is 10.9 Å². The molecular formula is C21H25N3O2. The molecule has 3 rings (SSSR count). The summed E-state index contributed by atoms with van der Waals surface area (Å²) >= 11 is 0. The minimum absolute atomic E-state index is 0.146. The van der Waals surface area contributed by atoms with Crippen LogP contribution in [0.5, 0.6) is 0 Å². The fourth-order valence-electron chi connectivity index (χ4n) is 3.11. The van der Waals surface area contributed by atoms with Gasteiger partial charge in [-0.1, -0.05) is 24.3 Å². The van der Waals surface area contributed by atoms with E-state index in [1.165, 1.54) is 10.9 Å². The number of methoxy groups -OCH3 is 1. The Kier molecular flexibility index (Phi) is 6.39. The molecule has 0 aliphatic carbocycles. The second kappa shape index (κ2) is 9.15. The van der Waals surface area contributed by atoms with Crippen LogP contribution in [0.15, 0.2) is 54.9 Å². The predicted molar refractivity (Wildman–Crippen MR) is 103 cm³/mol. The van der Waals surface area contributed by atoms with Crippen LogP contribution in [0.2, 0.25) is 0 Å². The lowest BCUT2D eigenvalue weighted by atomic mass is 10.1. The minimum atomic E-state index is 0.146. The first-order valence-electron chi connectivity index (χ1n) is 8.99. The number of amides is 1. The third kappa shape index (κ3) is 4.70. The van der Waals surface area contributed by atoms with E-state index in [2.05, 4.69) is 22.1 Å². The molecule has 2 heterocycles. The second-order valence-electron chi connectivity index (χ2n) is 6.34. The molecule has 0 unspecified atom stereocenters. The molecule has 0 radical (unpaired) electrons. The SMILES string of the molecule is COCCN(Cc1ccccn1)C(=O)CCCc1c[nH]c2ccccc12. The summed E-state index contributed by atoms with van der Waals surface area (Å²) in [6, 6.07) is 14.0. The number of hydrogen-bond donors (Lipinski definition) is 1. The lowest BCUT2D eigenvalue weighted by Crippen LogP contribution is -2.33. The monoisotopic (exact) mass is 351 g/mol. The van der Waals surface area contributed by atoms with Gasteiger partial charge in [0.25, 0.3) is 0 Å². The number of nitrogens with zero attached hydrogens (tertiary/aromatic N) is 2. The fourth-order valence-corrected chi connectivity index (χ4v) is 3.11. The van der Waals surface area contributed by atoms with Crippen LogP contribution in [-0.2, 0) is 22.5 Å². The summed E-state index contributed by atoms with van der Waals surface area (Å²) in [5.41, 5.74) is 3.31. The molecule has 0 aliphatic rings. The van der Waals surface area contributed by atoms with Gasteiger partial charge in [0.15, 0.2) is 0 Å². The highest BCUT2D eigenvalue weighted by atomic mass is 16.5. The van der Waals surface area contributed by atoms with Crippen molar-refractivity contribution >= 4 is 16.8 Å². The molecule has 0 fully saturated rings. The van der Waals surface area contributed by atoms with Crippen molar-refractivity contribution in [2.75, 3.05) is 20.3 Å². The van der Waals surface area contributed by atoms with E-state index >= 15 is 0 Å². The van der Waals surface area contributed by atoms with Crippen molar-refractivity contribution in [2.24, 2.45) is 0 Å². The quantitative estimate of drug-likeness (QED) is 0.641. The molecule has 0 spiro atoms. The Morgan fingerprint density at radius 2 is 2.04 bits per heavy atom. The van der Waals surface area contributed by atoms with E-state index in [1.807, 2.05) is 41.4 Å². The van der Waals surface area contributed by atoms with E-state index in [9.17, 15) is 4.79 Å². The highest BCUT2D eigenvalue weighted by Gasteiger charge is 2.14. The Balaban J connectivity index is 1.56. The zero-order valence-corrected chi connectivity index (χ0v) is 15.1. The van der Waals surface area contributed by atoms with Gasteiger partial charge in [-0.15, -0.1) is 0 Å². The van der Waals surface area contributed by atoms with E-state index in [4.69, 9.17) is 4.74 Å². The number of fused-ring (bicyclic) bond motifs is 1. The van der Waals surface area contributed by atoms with Gasteiger partial charge >= 0.3 is 0 Å². The first-order chi connectivity index (χ1) is 12.8. The van der Waals surface area contributed by atoms with Crippen molar-refractivity contribution in [2.45, 2.75) is 25.8 Å². The summed E-state index contributed by atoms with van der Waals surface area (Å²) in [5.74, 6) is 0.146. The molecule has 1 N–H and O–H groups in total. The molecule has 0 bridgehead atoms. The summed E-state index contributed by atoms with van der Waals surface area (Å²) in [7, 11) is 1.65. The van der Waals surface area contributed by atoms with Crippen LogP contribution in [0, 0.1) is 0 Å². The Labute approximate surface area is 154 Å². The van der Waals surface area contributed by atoms with Crippen molar-refractivity contribution < 1.29 is 9.53 Å². The highest BCUT2D eigenvalue weighted by Crippen LogP contribution is 2.19. The maximum Gasteiger partial charge on any atom is 0.223 e. The van der Waals surface area contributed by atoms with Crippen molar-refractivity contribution in [1.82, 2.24) is 14.9 Å². The number of ether oxygens (including phenoxy) is 1. The summed E-state index contributed by atoms with van der Waals surface area (Å²) in [6.07, 6.45) is 6.04. The first kappa shape index (κ1) is 18.1. The lowest BCUT2D eigenvalue weighted by Gasteiger charge is -2.22. The number of pyridine rings is 1. The number of para-hydroxylation sites is 1. The largest absolute Gasteiger partial charge is 0.383 e.